The molecule has 5 N–H and O–H groups in total. The van der Waals surface area contributed by atoms with Gasteiger partial charge in [0.05, 0.1) is 11.9 Å². The van der Waals surface area contributed by atoms with Crippen molar-refractivity contribution in [2.75, 3.05) is 17.6 Å². The van der Waals surface area contributed by atoms with Crippen molar-refractivity contribution < 1.29 is 9.53 Å². The Labute approximate surface area is 239 Å². The van der Waals surface area contributed by atoms with Crippen LogP contribution in [0.4, 0.5) is 11.6 Å². The van der Waals surface area contributed by atoms with Crippen LogP contribution in [0.3, 0.4) is 0 Å². The van der Waals surface area contributed by atoms with Gasteiger partial charge in [0.1, 0.15) is 12.1 Å². The lowest BCUT2D eigenvalue weighted by molar-refractivity contribution is -0.152. The van der Waals surface area contributed by atoms with Gasteiger partial charge in [-0.15, -0.1) is 0 Å². The van der Waals surface area contributed by atoms with Gasteiger partial charge in [0.25, 0.3) is 0 Å². The molecule has 0 radical (unpaired) electrons. The molecule has 39 heavy (non-hydrogen) atoms. The number of carbonyl (C=O) groups is 1. The van der Waals surface area contributed by atoms with Crippen molar-refractivity contribution in [1.29, 1.82) is 0 Å². The summed E-state index contributed by atoms with van der Waals surface area (Å²) in [6.45, 7) is 1.84. The Morgan fingerprint density at radius 3 is 2.64 bits per heavy atom. The monoisotopic (exact) mass is 568 g/mol. The normalized spacial score (nSPS) is 19.6. The summed E-state index contributed by atoms with van der Waals surface area (Å²) in [6, 6.07) is 13.5. The quantitative estimate of drug-likeness (QED) is 0.256. The number of anilines is 2. The minimum atomic E-state index is -0.250. The molecule has 2 heterocycles. The Morgan fingerprint density at radius 2 is 1.85 bits per heavy atom. The van der Waals surface area contributed by atoms with Crippen LogP contribution in [0.5, 0.6) is 0 Å². The molecule has 2 atom stereocenters. The number of aromatic nitrogens is 2. The predicted molar refractivity (Wildman–Crippen MR) is 156 cm³/mol. The minimum absolute atomic E-state index is 0.0940. The van der Waals surface area contributed by atoms with Crippen LogP contribution < -0.4 is 21.7 Å². The molecule has 0 bridgehead atoms. The standard InChI is InChI=1S/C29H34Cl2N6O2/c30-23-9-4-10-24(31)22(23)16-36-28-27(32)35-17-26(37-28)19-6-3-5-18(13-19)15-34-20-11-12-33-25(14-20)29(38)39-21-7-1-2-8-21/h3-6,9-10,13,17,20-21,25,33-34H,1-2,7-8,11-12,14-16H2,(H2,32,35)(H,36,37). The Morgan fingerprint density at radius 1 is 1.08 bits per heavy atom. The van der Waals surface area contributed by atoms with Crippen molar-refractivity contribution in [2.45, 2.75) is 69.8 Å². The minimum Gasteiger partial charge on any atom is -0.461 e. The molecule has 2 aromatic carbocycles. The first kappa shape index (κ1) is 27.6. The molecule has 1 aliphatic heterocycles. The number of piperidine rings is 1. The van der Waals surface area contributed by atoms with Crippen molar-refractivity contribution in [1.82, 2.24) is 20.6 Å². The highest BCUT2D eigenvalue weighted by molar-refractivity contribution is 6.36. The van der Waals surface area contributed by atoms with Crippen LogP contribution in [0, 0.1) is 0 Å². The van der Waals surface area contributed by atoms with E-state index in [1.165, 1.54) is 0 Å². The lowest BCUT2D eigenvalue weighted by Crippen LogP contribution is -2.50. The second-order valence-electron chi connectivity index (χ2n) is 10.2. The molecule has 3 aromatic rings. The van der Waals surface area contributed by atoms with Gasteiger partial charge < -0.3 is 26.4 Å². The van der Waals surface area contributed by atoms with Gasteiger partial charge in [0.15, 0.2) is 11.6 Å². The van der Waals surface area contributed by atoms with Crippen molar-refractivity contribution >= 4 is 40.8 Å². The van der Waals surface area contributed by atoms with Crippen molar-refractivity contribution in [2.24, 2.45) is 0 Å². The van der Waals surface area contributed by atoms with E-state index in [4.69, 9.17) is 38.7 Å². The maximum absolute atomic E-state index is 12.6. The van der Waals surface area contributed by atoms with E-state index in [9.17, 15) is 4.79 Å². The Bertz CT molecular complexity index is 1280. The summed E-state index contributed by atoms with van der Waals surface area (Å²) in [4.78, 5) is 21.7. The third kappa shape index (κ3) is 7.19. The average molecular weight is 570 g/mol. The number of hydrogen-bond donors (Lipinski definition) is 4. The van der Waals surface area contributed by atoms with Gasteiger partial charge in [0.2, 0.25) is 0 Å². The van der Waals surface area contributed by atoms with Gasteiger partial charge in [-0.2, -0.15) is 0 Å². The zero-order valence-corrected chi connectivity index (χ0v) is 23.3. The zero-order valence-electron chi connectivity index (χ0n) is 21.8. The highest BCUT2D eigenvalue weighted by atomic mass is 35.5. The SMILES string of the molecule is Nc1ncc(-c2cccc(CNC3CCNC(C(=O)OC4CCCC4)C3)c2)nc1NCc1c(Cl)cccc1Cl. The van der Waals surface area contributed by atoms with Crippen LogP contribution in [0.25, 0.3) is 11.3 Å². The zero-order chi connectivity index (χ0) is 27.2. The van der Waals surface area contributed by atoms with Gasteiger partial charge in [-0.25, -0.2) is 9.97 Å². The Hall–Kier alpha value is -2.91. The van der Waals surface area contributed by atoms with E-state index in [1.54, 1.807) is 24.4 Å². The van der Waals surface area contributed by atoms with Gasteiger partial charge in [-0.1, -0.05) is 47.5 Å². The topological polar surface area (TPSA) is 114 Å². The van der Waals surface area contributed by atoms with Crippen molar-refractivity contribution in [3.05, 3.63) is 69.8 Å². The molecule has 206 valence electrons. The van der Waals surface area contributed by atoms with Crippen LogP contribution in [-0.2, 0) is 22.6 Å². The Kier molecular flexibility index (Phi) is 9.19. The number of esters is 1. The fourth-order valence-electron chi connectivity index (χ4n) is 5.18. The number of halogens is 2. The lowest BCUT2D eigenvalue weighted by atomic mass is 9.99. The number of nitrogens with two attached hydrogens (primary N) is 1. The van der Waals surface area contributed by atoms with Gasteiger partial charge in [-0.05, 0) is 68.8 Å². The number of carbonyl (C=O) groups excluding carboxylic acids is 1. The van der Waals surface area contributed by atoms with E-state index < -0.39 is 0 Å². The first-order valence-electron chi connectivity index (χ1n) is 13.5. The number of nitrogens with one attached hydrogen (secondary N) is 3. The number of nitrogens with zero attached hydrogens (tertiary/aromatic N) is 2. The molecule has 8 nitrogen and oxygen atoms in total. The highest BCUT2D eigenvalue weighted by Gasteiger charge is 2.30. The molecule has 5 rings (SSSR count). The van der Waals surface area contributed by atoms with E-state index >= 15 is 0 Å². The molecule has 1 aliphatic carbocycles. The molecule has 1 saturated heterocycles. The lowest BCUT2D eigenvalue weighted by Gasteiger charge is -2.30. The van der Waals surface area contributed by atoms with Crippen LogP contribution in [0.1, 0.15) is 49.7 Å². The summed E-state index contributed by atoms with van der Waals surface area (Å²) >= 11 is 12.6. The molecule has 10 heteroatoms. The molecule has 1 saturated carbocycles. The summed E-state index contributed by atoms with van der Waals surface area (Å²) in [5, 5.41) is 11.3. The van der Waals surface area contributed by atoms with Crippen LogP contribution in [-0.4, -0.2) is 40.7 Å². The van der Waals surface area contributed by atoms with Crippen LogP contribution in [0.15, 0.2) is 48.7 Å². The van der Waals surface area contributed by atoms with E-state index in [2.05, 4.69) is 33.1 Å². The average Bonchev–Trinajstić information content (AvgIpc) is 3.46. The largest absolute Gasteiger partial charge is 0.461 e. The third-order valence-corrected chi connectivity index (χ3v) is 8.09. The van der Waals surface area contributed by atoms with Gasteiger partial charge in [0, 0.05) is 40.3 Å². The molecule has 1 aromatic heterocycles. The summed E-state index contributed by atoms with van der Waals surface area (Å²) in [5.74, 6) is 0.655. The summed E-state index contributed by atoms with van der Waals surface area (Å²) in [7, 11) is 0. The number of benzene rings is 2. The third-order valence-electron chi connectivity index (χ3n) is 7.39. The molecular formula is C29H34Cl2N6O2. The summed E-state index contributed by atoms with van der Waals surface area (Å²) < 4.78 is 5.73. The van der Waals surface area contributed by atoms with E-state index in [1.807, 2.05) is 12.1 Å². The molecular weight excluding hydrogens is 535 g/mol. The number of nitrogen functional groups attached to an aromatic ring is 1. The maximum Gasteiger partial charge on any atom is 0.323 e. The molecule has 2 fully saturated rings. The fourth-order valence-corrected chi connectivity index (χ4v) is 5.71. The van der Waals surface area contributed by atoms with Crippen LogP contribution in [0.2, 0.25) is 10.0 Å². The molecule has 0 spiro atoms. The first-order chi connectivity index (χ1) is 19.0. The number of hydrogen-bond acceptors (Lipinski definition) is 8. The first-order valence-corrected chi connectivity index (χ1v) is 14.3. The summed E-state index contributed by atoms with van der Waals surface area (Å²) in [5.41, 5.74) is 9.62. The molecule has 2 aliphatic rings. The fraction of sp³-hybridized carbons (Fsp3) is 0.414. The van der Waals surface area contributed by atoms with Gasteiger partial charge >= 0.3 is 5.97 Å². The van der Waals surface area contributed by atoms with Crippen molar-refractivity contribution in [3.8, 4) is 11.3 Å². The Balaban J connectivity index is 1.19. The van der Waals surface area contributed by atoms with E-state index in [0.29, 0.717) is 40.5 Å². The maximum atomic E-state index is 12.6. The van der Waals surface area contributed by atoms with Gasteiger partial charge in [-0.3, -0.25) is 4.79 Å². The molecule has 0 amide bonds. The second-order valence-corrected chi connectivity index (χ2v) is 11.0. The highest BCUT2D eigenvalue weighted by Crippen LogP contribution is 2.27. The van der Waals surface area contributed by atoms with Crippen molar-refractivity contribution in [3.63, 3.8) is 0 Å². The predicted octanol–water partition coefficient (Wildman–Crippen LogP) is 5.34. The van der Waals surface area contributed by atoms with Crippen LogP contribution >= 0.6 is 23.2 Å². The summed E-state index contributed by atoms with van der Waals surface area (Å²) in [6.07, 6.45) is 7.72. The van der Waals surface area contributed by atoms with E-state index in [0.717, 1.165) is 61.8 Å². The number of rotatable bonds is 9. The van der Waals surface area contributed by atoms with E-state index in [-0.39, 0.29) is 24.2 Å². The smallest absolute Gasteiger partial charge is 0.323 e. The number of ether oxygens (including phenoxy) is 1. The molecule has 2 unspecified atom stereocenters. The second kappa shape index (κ2) is 13.0.